The largest absolute Gasteiger partial charge is 0.378 e. The molecule has 0 saturated heterocycles. The van der Waals surface area contributed by atoms with E-state index in [-0.39, 0.29) is 4.90 Å². The Bertz CT molecular complexity index is 1070. The Kier molecular flexibility index (Phi) is 5.65. The van der Waals surface area contributed by atoms with Crippen molar-refractivity contribution in [1.29, 1.82) is 0 Å². The SMILES string of the molecule is CN(C)c1ccc(NS(=O)(=O)c2cccc(-c3ccc(Cl)c(Cl)c3)c2)cc1. The van der Waals surface area contributed by atoms with E-state index in [2.05, 4.69) is 4.72 Å². The van der Waals surface area contributed by atoms with Crippen LogP contribution in [0.3, 0.4) is 0 Å². The summed E-state index contributed by atoms with van der Waals surface area (Å²) in [5.74, 6) is 0. The van der Waals surface area contributed by atoms with Gasteiger partial charge in [0.2, 0.25) is 0 Å². The van der Waals surface area contributed by atoms with Crippen molar-refractivity contribution in [1.82, 2.24) is 0 Å². The molecule has 0 saturated carbocycles. The third-order valence-electron chi connectivity index (χ3n) is 4.03. The average Bonchev–Trinajstić information content (AvgIpc) is 2.64. The quantitative estimate of drug-likeness (QED) is 0.590. The number of rotatable bonds is 5. The molecule has 0 aromatic heterocycles. The Morgan fingerprint density at radius 1 is 0.815 bits per heavy atom. The highest BCUT2D eigenvalue weighted by Gasteiger charge is 2.15. The van der Waals surface area contributed by atoms with Gasteiger partial charge >= 0.3 is 0 Å². The monoisotopic (exact) mass is 420 g/mol. The normalized spacial score (nSPS) is 11.3. The summed E-state index contributed by atoms with van der Waals surface area (Å²) < 4.78 is 28.1. The van der Waals surface area contributed by atoms with Crippen LogP contribution in [0.5, 0.6) is 0 Å². The van der Waals surface area contributed by atoms with Crippen LogP contribution < -0.4 is 9.62 Å². The van der Waals surface area contributed by atoms with Gasteiger partial charge in [0.05, 0.1) is 14.9 Å². The standard InChI is InChI=1S/C20H18Cl2N2O2S/c1-24(2)17-9-7-16(8-10-17)23-27(25,26)18-5-3-4-14(12-18)15-6-11-19(21)20(22)13-15/h3-13,23H,1-2H3. The van der Waals surface area contributed by atoms with E-state index in [0.29, 0.717) is 15.7 Å². The van der Waals surface area contributed by atoms with E-state index in [1.807, 2.05) is 37.2 Å². The fourth-order valence-electron chi connectivity index (χ4n) is 2.56. The molecule has 0 aliphatic heterocycles. The summed E-state index contributed by atoms with van der Waals surface area (Å²) in [6.45, 7) is 0. The topological polar surface area (TPSA) is 49.4 Å². The van der Waals surface area contributed by atoms with Gasteiger partial charge in [-0.3, -0.25) is 4.72 Å². The van der Waals surface area contributed by atoms with Crippen molar-refractivity contribution >= 4 is 44.6 Å². The van der Waals surface area contributed by atoms with E-state index in [1.165, 1.54) is 0 Å². The van der Waals surface area contributed by atoms with E-state index >= 15 is 0 Å². The lowest BCUT2D eigenvalue weighted by molar-refractivity contribution is 0.601. The molecule has 0 aliphatic carbocycles. The molecule has 0 unspecified atom stereocenters. The first-order valence-corrected chi connectivity index (χ1v) is 10.4. The van der Waals surface area contributed by atoms with Gasteiger partial charge in [0.1, 0.15) is 0 Å². The van der Waals surface area contributed by atoms with Crippen LogP contribution in [0, 0.1) is 0 Å². The second-order valence-corrected chi connectivity index (χ2v) is 8.70. The fraction of sp³-hybridized carbons (Fsp3) is 0.100. The summed E-state index contributed by atoms with van der Waals surface area (Å²) in [7, 11) is 0.131. The van der Waals surface area contributed by atoms with Gasteiger partial charge in [0, 0.05) is 25.5 Å². The molecule has 0 radical (unpaired) electrons. The smallest absolute Gasteiger partial charge is 0.261 e. The molecule has 0 aliphatic rings. The second kappa shape index (κ2) is 7.80. The van der Waals surface area contributed by atoms with Crippen LogP contribution in [0.4, 0.5) is 11.4 Å². The molecule has 0 atom stereocenters. The van der Waals surface area contributed by atoms with Crippen LogP contribution in [0.25, 0.3) is 11.1 Å². The molecule has 4 nitrogen and oxygen atoms in total. The highest BCUT2D eigenvalue weighted by molar-refractivity contribution is 7.92. The molecule has 0 spiro atoms. The van der Waals surface area contributed by atoms with Gasteiger partial charge in [0.15, 0.2) is 0 Å². The van der Waals surface area contributed by atoms with Crippen molar-refractivity contribution in [3.05, 3.63) is 76.8 Å². The first kappa shape index (κ1) is 19.5. The molecule has 3 rings (SSSR count). The molecule has 27 heavy (non-hydrogen) atoms. The van der Waals surface area contributed by atoms with Crippen LogP contribution in [-0.4, -0.2) is 22.5 Å². The molecule has 3 aromatic carbocycles. The third-order valence-corrected chi connectivity index (χ3v) is 6.15. The molecule has 0 fully saturated rings. The number of nitrogens with one attached hydrogen (secondary N) is 1. The van der Waals surface area contributed by atoms with E-state index in [0.717, 1.165) is 16.8 Å². The maximum atomic E-state index is 12.8. The van der Waals surface area contributed by atoms with Gasteiger partial charge < -0.3 is 4.90 Å². The maximum Gasteiger partial charge on any atom is 0.261 e. The number of nitrogens with zero attached hydrogens (tertiary/aromatic N) is 1. The van der Waals surface area contributed by atoms with E-state index in [1.54, 1.807) is 48.5 Å². The minimum absolute atomic E-state index is 0.169. The zero-order valence-corrected chi connectivity index (χ0v) is 17.1. The Morgan fingerprint density at radius 2 is 1.48 bits per heavy atom. The Balaban J connectivity index is 1.89. The number of hydrogen-bond acceptors (Lipinski definition) is 3. The van der Waals surface area contributed by atoms with Crippen molar-refractivity contribution in [2.24, 2.45) is 0 Å². The van der Waals surface area contributed by atoms with Gasteiger partial charge in [-0.2, -0.15) is 0 Å². The molecule has 1 N–H and O–H groups in total. The van der Waals surface area contributed by atoms with Gasteiger partial charge in [-0.15, -0.1) is 0 Å². The van der Waals surface area contributed by atoms with E-state index in [4.69, 9.17) is 23.2 Å². The van der Waals surface area contributed by atoms with Crippen molar-refractivity contribution in [3.8, 4) is 11.1 Å². The lowest BCUT2D eigenvalue weighted by Gasteiger charge is -2.14. The van der Waals surface area contributed by atoms with Crippen molar-refractivity contribution in [2.45, 2.75) is 4.90 Å². The predicted octanol–water partition coefficient (Wildman–Crippen LogP) is 5.53. The highest BCUT2D eigenvalue weighted by atomic mass is 35.5. The third kappa shape index (κ3) is 4.56. The molecule has 0 bridgehead atoms. The van der Waals surface area contributed by atoms with Crippen molar-refractivity contribution in [2.75, 3.05) is 23.7 Å². The zero-order valence-electron chi connectivity index (χ0n) is 14.8. The Labute approximate surface area is 169 Å². The number of sulfonamides is 1. The summed E-state index contributed by atoms with van der Waals surface area (Å²) in [4.78, 5) is 2.11. The minimum Gasteiger partial charge on any atom is -0.378 e. The van der Waals surface area contributed by atoms with Crippen LogP contribution in [0.15, 0.2) is 71.6 Å². The molecule has 0 heterocycles. The molecule has 7 heteroatoms. The highest BCUT2D eigenvalue weighted by Crippen LogP contribution is 2.30. The summed E-state index contributed by atoms with van der Waals surface area (Å²) >= 11 is 12.0. The minimum atomic E-state index is -3.72. The zero-order chi connectivity index (χ0) is 19.6. The van der Waals surface area contributed by atoms with E-state index < -0.39 is 10.0 Å². The number of hydrogen-bond donors (Lipinski definition) is 1. The van der Waals surface area contributed by atoms with Crippen LogP contribution in [-0.2, 0) is 10.0 Å². The first-order valence-electron chi connectivity index (χ1n) is 8.12. The lowest BCUT2D eigenvalue weighted by atomic mass is 10.1. The fourth-order valence-corrected chi connectivity index (χ4v) is 3.96. The maximum absolute atomic E-state index is 12.8. The van der Waals surface area contributed by atoms with Gasteiger partial charge in [-0.1, -0.05) is 41.4 Å². The molecular weight excluding hydrogens is 403 g/mol. The molecule has 0 amide bonds. The lowest BCUT2D eigenvalue weighted by Crippen LogP contribution is -2.13. The first-order chi connectivity index (χ1) is 12.8. The van der Waals surface area contributed by atoms with Gasteiger partial charge in [-0.05, 0) is 59.7 Å². The summed E-state index contributed by atoms with van der Waals surface area (Å²) in [5.41, 5.74) is 3.01. The Morgan fingerprint density at radius 3 is 2.11 bits per heavy atom. The summed E-state index contributed by atoms with van der Waals surface area (Å²) in [6.07, 6.45) is 0. The van der Waals surface area contributed by atoms with Crippen LogP contribution in [0.1, 0.15) is 0 Å². The summed E-state index contributed by atoms with van der Waals surface area (Å²) in [5, 5.41) is 0.869. The molecule has 140 valence electrons. The van der Waals surface area contributed by atoms with Crippen molar-refractivity contribution in [3.63, 3.8) is 0 Å². The molecular formula is C20H18Cl2N2O2S. The summed E-state index contributed by atoms with van der Waals surface area (Å²) in [6, 6.07) is 19.0. The Hall–Kier alpha value is -2.21. The second-order valence-electron chi connectivity index (χ2n) is 6.20. The van der Waals surface area contributed by atoms with Gasteiger partial charge in [-0.25, -0.2) is 8.42 Å². The van der Waals surface area contributed by atoms with Gasteiger partial charge in [0.25, 0.3) is 10.0 Å². The van der Waals surface area contributed by atoms with Crippen molar-refractivity contribution < 1.29 is 8.42 Å². The number of benzene rings is 3. The average molecular weight is 421 g/mol. The van der Waals surface area contributed by atoms with Crippen LogP contribution >= 0.6 is 23.2 Å². The number of halogens is 2. The van der Waals surface area contributed by atoms with Crippen LogP contribution in [0.2, 0.25) is 10.0 Å². The predicted molar refractivity (Wildman–Crippen MR) is 113 cm³/mol. The molecule has 3 aromatic rings. The number of anilines is 2. The van der Waals surface area contributed by atoms with E-state index in [9.17, 15) is 8.42 Å².